The van der Waals surface area contributed by atoms with Gasteiger partial charge in [0.25, 0.3) is 11.8 Å². The normalized spacial score (nSPS) is 18.5. The molecule has 6 rings (SSSR count). The van der Waals surface area contributed by atoms with E-state index in [4.69, 9.17) is 9.47 Å². The molecule has 4 amide bonds. The van der Waals surface area contributed by atoms with Crippen LogP contribution in [0.25, 0.3) is 10.9 Å². The van der Waals surface area contributed by atoms with E-state index in [-0.39, 0.29) is 37.0 Å². The molecule has 0 saturated heterocycles. The molecule has 5 N–H and O–H groups in total. The fraction of sp³-hybridized carbons (Fsp3) is 0.382. The molecule has 252 valence electrons. The molecule has 0 unspecified atom stereocenters. The van der Waals surface area contributed by atoms with Crippen LogP contribution in [0.5, 0.6) is 11.5 Å². The smallest absolute Gasteiger partial charge is 0.274 e. The Hall–Kier alpha value is -5.37. The number of hydrogen-bond acceptors (Lipinski definition) is 8. The number of H-pyrrole nitrogens is 1. The summed E-state index contributed by atoms with van der Waals surface area (Å²) in [6.45, 7) is 2.36. The highest BCUT2D eigenvalue weighted by Gasteiger charge is 2.30. The quantitative estimate of drug-likeness (QED) is 0.218. The number of nitrogens with one attached hydrogen (secondary N) is 4. The van der Waals surface area contributed by atoms with E-state index >= 15 is 0 Å². The number of carbonyl (C=O) groups is 4. The Labute approximate surface area is 276 Å². The lowest BCUT2D eigenvalue weighted by atomic mass is 10.0. The number of carbonyl (C=O) groups excluding carboxylic acids is 4. The van der Waals surface area contributed by atoms with E-state index < -0.39 is 36.4 Å². The van der Waals surface area contributed by atoms with Gasteiger partial charge in [0.05, 0.1) is 32.9 Å². The minimum Gasteiger partial charge on any atom is -0.493 e. The Bertz CT molecular complexity index is 1850. The van der Waals surface area contributed by atoms with Crippen LogP contribution in [0.2, 0.25) is 0 Å². The summed E-state index contributed by atoms with van der Waals surface area (Å²) in [5.74, 6) is -0.980. The second kappa shape index (κ2) is 14.2. The molecule has 14 heteroatoms. The standard InChI is InChI=1S/C34H39N7O7/c1-20(42)31-33(45)35-11-10-23-22-6-3-4-7-24(22)37-25(23)16-21-8-9-28(47-2)29(17-21)48-15-5-13-40(19-30(43)38-31)34(46)26-18-27-32(44)36-12-14-41(27)39-26/h3-4,6-9,17-18,20,31,37,42H,5,10-16,19H2,1-2H3,(H,35,45)(H,36,44)(H,38,43)/t20-,31+/m1/s1. The summed E-state index contributed by atoms with van der Waals surface area (Å²) in [5, 5.41) is 24.0. The van der Waals surface area contributed by atoms with Crippen LogP contribution >= 0.6 is 0 Å². The molecule has 2 atom stereocenters. The predicted octanol–water partition coefficient (Wildman–Crippen LogP) is 1.16. The average Bonchev–Trinajstić information content (AvgIpc) is 3.66. The maximum Gasteiger partial charge on any atom is 0.274 e. The van der Waals surface area contributed by atoms with Crippen LogP contribution in [0.4, 0.5) is 0 Å². The van der Waals surface area contributed by atoms with Crippen LogP contribution in [-0.2, 0) is 29.0 Å². The number of benzene rings is 2. The van der Waals surface area contributed by atoms with Crippen molar-refractivity contribution >= 4 is 34.5 Å². The molecule has 4 aromatic rings. The van der Waals surface area contributed by atoms with Crippen LogP contribution in [0.15, 0.2) is 48.5 Å². The highest BCUT2D eigenvalue weighted by Crippen LogP contribution is 2.31. The third kappa shape index (κ3) is 6.98. The Balaban J connectivity index is 1.29. The second-order valence-corrected chi connectivity index (χ2v) is 11.9. The first kappa shape index (κ1) is 32.6. The number of methoxy groups -OCH3 is 1. The minimum atomic E-state index is -1.25. The van der Waals surface area contributed by atoms with Crippen LogP contribution < -0.4 is 25.4 Å². The molecule has 48 heavy (non-hydrogen) atoms. The number of para-hydroxylation sites is 1. The number of hydrogen-bond donors (Lipinski definition) is 5. The fourth-order valence-electron chi connectivity index (χ4n) is 6.15. The molecule has 0 saturated carbocycles. The van der Waals surface area contributed by atoms with Crippen LogP contribution in [0, 0.1) is 0 Å². The molecular formula is C34H39N7O7. The number of nitrogens with zero attached hydrogens (tertiary/aromatic N) is 3. The van der Waals surface area contributed by atoms with Gasteiger partial charge in [0.2, 0.25) is 11.8 Å². The zero-order valence-corrected chi connectivity index (χ0v) is 26.9. The molecule has 2 aromatic carbocycles. The molecule has 2 aromatic heterocycles. The van der Waals surface area contributed by atoms with Gasteiger partial charge in [-0.15, -0.1) is 0 Å². The summed E-state index contributed by atoms with van der Waals surface area (Å²) in [5.41, 5.74) is 4.28. The highest BCUT2D eigenvalue weighted by atomic mass is 16.5. The number of aliphatic hydroxyl groups is 1. The van der Waals surface area contributed by atoms with Gasteiger partial charge in [0.15, 0.2) is 17.2 Å². The lowest BCUT2D eigenvalue weighted by Crippen LogP contribution is -2.55. The number of aromatic nitrogens is 3. The van der Waals surface area contributed by atoms with Gasteiger partial charge in [-0.1, -0.05) is 24.3 Å². The van der Waals surface area contributed by atoms with E-state index in [2.05, 4.69) is 26.0 Å². The fourth-order valence-corrected chi connectivity index (χ4v) is 6.15. The van der Waals surface area contributed by atoms with Crippen molar-refractivity contribution in [2.24, 2.45) is 0 Å². The summed E-state index contributed by atoms with van der Waals surface area (Å²) in [7, 11) is 1.57. The molecular weight excluding hydrogens is 618 g/mol. The van der Waals surface area contributed by atoms with Gasteiger partial charge in [0.1, 0.15) is 11.7 Å². The molecule has 4 heterocycles. The van der Waals surface area contributed by atoms with Gasteiger partial charge in [-0.05, 0) is 49.1 Å². The topological polar surface area (TPSA) is 180 Å². The van der Waals surface area contributed by atoms with E-state index in [9.17, 15) is 24.3 Å². The first-order chi connectivity index (χ1) is 23.2. The van der Waals surface area contributed by atoms with Gasteiger partial charge in [0, 0.05) is 48.7 Å². The highest BCUT2D eigenvalue weighted by molar-refractivity contribution is 5.99. The lowest BCUT2D eigenvalue weighted by molar-refractivity contribution is -0.131. The van der Waals surface area contributed by atoms with Crippen molar-refractivity contribution in [2.45, 2.75) is 44.9 Å². The van der Waals surface area contributed by atoms with Gasteiger partial charge < -0.3 is 40.4 Å². The monoisotopic (exact) mass is 657 g/mol. The third-order valence-electron chi connectivity index (χ3n) is 8.56. The number of aliphatic hydroxyl groups excluding tert-OH is 1. The molecule has 0 aliphatic carbocycles. The number of fused-ring (bicyclic) bond motifs is 6. The van der Waals surface area contributed by atoms with Gasteiger partial charge >= 0.3 is 0 Å². The van der Waals surface area contributed by atoms with Crippen LogP contribution in [0.3, 0.4) is 0 Å². The number of aromatic amines is 1. The zero-order chi connectivity index (χ0) is 33.8. The molecule has 2 bridgehead atoms. The van der Waals surface area contributed by atoms with Crippen molar-refractivity contribution in [3.63, 3.8) is 0 Å². The SMILES string of the molecule is COc1ccc2cc1OCCCN(C(=O)c1cc3n(n1)CCNC3=O)CC(=O)N[C@@H]([C@@H](C)O)C(=O)NCCc1c([nH]c3ccccc13)C2. The number of amides is 4. The van der Waals surface area contributed by atoms with Gasteiger partial charge in [-0.2, -0.15) is 5.10 Å². The number of ether oxygens (including phenoxy) is 2. The number of rotatable bonds is 3. The second-order valence-electron chi connectivity index (χ2n) is 11.9. The molecule has 0 spiro atoms. The van der Waals surface area contributed by atoms with E-state index in [1.165, 1.54) is 22.6 Å². The Morgan fingerprint density at radius 1 is 1.08 bits per heavy atom. The van der Waals surface area contributed by atoms with E-state index in [1.807, 2.05) is 42.5 Å². The van der Waals surface area contributed by atoms with Gasteiger partial charge in [-0.3, -0.25) is 23.9 Å². The Morgan fingerprint density at radius 3 is 2.71 bits per heavy atom. The lowest BCUT2D eigenvalue weighted by Gasteiger charge is -2.25. The molecule has 2 aliphatic heterocycles. The molecule has 0 fully saturated rings. The largest absolute Gasteiger partial charge is 0.493 e. The molecule has 14 nitrogen and oxygen atoms in total. The summed E-state index contributed by atoms with van der Waals surface area (Å²) in [6.07, 6.45) is 0.205. The van der Waals surface area contributed by atoms with Crippen molar-refractivity contribution in [3.8, 4) is 11.5 Å². The summed E-state index contributed by atoms with van der Waals surface area (Å²) < 4.78 is 13.2. The van der Waals surface area contributed by atoms with Crippen molar-refractivity contribution < 1.29 is 33.8 Å². The summed E-state index contributed by atoms with van der Waals surface area (Å²) in [6, 6.07) is 13.9. The molecule has 0 radical (unpaired) electrons. The Kier molecular flexibility index (Phi) is 9.62. The van der Waals surface area contributed by atoms with E-state index in [1.54, 1.807) is 7.11 Å². The third-order valence-corrected chi connectivity index (χ3v) is 8.56. The van der Waals surface area contributed by atoms with Gasteiger partial charge in [-0.25, -0.2) is 0 Å². The maximum absolute atomic E-state index is 13.7. The first-order valence-electron chi connectivity index (χ1n) is 16.0. The van der Waals surface area contributed by atoms with Crippen molar-refractivity contribution in [1.29, 1.82) is 0 Å². The van der Waals surface area contributed by atoms with E-state index in [0.29, 0.717) is 43.9 Å². The Morgan fingerprint density at radius 2 is 1.92 bits per heavy atom. The summed E-state index contributed by atoms with van der Waals surface area (Å²) in [4.78, 5) is 57.4. The van der Waals surface area contributed by atoms with Crippen LogP contribution in [-0.4, -0.2) is 100 Å². The van der Waals surface area contributed by atoms with E-state index in [0.717, 1.165) is 27.7 Å². The zero-order valence-electron chi connectivity index (χ0n) is 26.9. The maximum atomic E-state index is 13.7. The van der Waals surface area contributed by atoms with Crippen LogP contribution in [0.1, 0.15) is 51.1 Å². The predicted molar refractivity (Wildman–Crippen MR) is 175 cm³/mol. The first-order valence-corrected chi connectivity index (χ1v) is 16.0. The van der Waals surface area contributed by atoms with Crippen molar-refractivity contribution in [3.05, 3.63) is 76.7 Å². The average molecular weight is 658 g/mol. The van der Waals surface area contributed by atoms with Crippen molar-refractivity contribution in [2.75, 3.05) is 39.9 Å². The minimum absolute atomic E-state index is 0.0177. The molecule has 2 aliphatic rings. The summed E-state index contributed by atoms with van der Waals surface area (Å²) >= 11 is 0. The van der Waals surface area contributed by atoms with Crippen molar-refractivity contribution in [1.82, 2.24) is 35.6 Å².